The number of nitrogens with one attached hydrogen (secondary N) is 1. The predicted molar refractivity (Wildman–Crippen MR) is 163 cm³/mol. The molecule has 0 spiro atoms. The first-order valence-corrected chi connectivity index (χ1v) is 18.5. The van der Waals surface area contributed by atoms with Crippen molar-refractivity contribution in [2.45, 2.75) is 55.7 Å². The van der Waals surface area contributed by atoms with Crippen LogP contribution in [0.25, 0.3) is 11.9 Å². The van der Waals surface area contributed by atoms with Gasteiger partial charge in [0, 0.05) is 38.6 Å². The number of hydrogen-bond acceptors (Lipinski definition) is 8. The molecule has 10 nitrogen and oxygen atoms in total. The van der Waals surface area contributed by atoms with E-state index < -0.39 is 67.8 Å². The van der Waals surface area contributed by atoms with Crippen LogP contribution in [0.4, 0.5) is 22.4 Å². The summed E-state index contributed by atoms with van der Waals surface area (Å²) in [5.74, 6) is -3.28. The van der Waals surface area contributed by atoms with Crippen LogP contribution in [-0.2, 0) is 15.1 Å². The van der Waals surface area contributed by atoms with Gasteiger partial charge in [0.05, 0.1) is 23.3 Å². The fourth-order valence-corrected chi connectivity index (χ4v) is 7.24. The Labute approximate surface area is 262 Å². The molecule has 1 aliphatic heterocycles. The maximum Gasteiger partial charge on any atom is 0.415 e. The van der Waals surface area contributed by atoms with Crippen molar-refractivity contribution >= 4 is 48.9 Å². The third-order valence-corrected chi connectivity index (χ3v) is 10.7. The van der Waals surface area contributed by atoms with Crippen molar-refractivity contribution in [1.29, 1.82) is 5.26 Å². The molecule has 0 radical (unpaired) electrons. The summed E-state index contributed by atoms with van der Waals surface area (Å²) in [5.41, 5.74) is -1.48. The number of halogens is 4. The van der Waals surface area contributed by atoms with Crippen molar-refractivity contribution < 1.29 is 37.0 Å². The summed E-state index contributed by atoms with van der Waals surface area (Å²) in [6.07, 6.45) is -0.852. The molecule has 2 aliphatic rings. The number of alkyl halides is 2. The number of rotatable bonds is 11. The lowest BCUT2D eigenvalue weighted by atomic mass is 9.86. The first kappa shape index (κ1) is 34.1. The van der Waals surface area contributed by atoms with Gasteiger partial charge < -0.3 is 15.2 Å². The minimum atomic E-state index is -2.82. The molecule has 3 heterocycles. The second-order valence-corrected chi connectivity index (χ2v) is 19.0. The van der Waals surface area contributed by atoms with Gasteiger partial charge in [0.25, 0.3) is 6.43 Å². The van der Waals surface area contributed by atoms with E-state index in [1.54, 1.807) is 0 Å². The third-order valence-electron chi connectivity index (χ3n) is 7.51. The molecule has 0 bridgehead atoms. The number of pyridine rings is 2. The van der Waals surface area contributed by atoms with Gasteiger partial charge in [-0.2, -0.15) is 9.65 Å². The Morgan fingerprint density at radius 1 is 1.31 bits per heavy atom. The predicted octanol–water partition coefficient (Wildman–Crippen LogP) is 5.71. The van der Waals surface area contributed by atoms with E-state index in [-0.39, 0.29) is 40.6 Å². The number of hydrogen-bond donors (Lipinski definition) is 2. The quantitative estimate of drug-likeness (QED) is 0.102. The summed E-state index contributed by atoms with van der Waals surface area (Å²) in [6.45, 7) is 6.83. The smallest absolute Gasteiger partial charge is 0.415 e. The molecular weight excluding hydrogens is 633 g/mol. The summed E-state index contributed by atoms with van der Waals surface area (Å²) in [7, 11) is -1.50. The van der Waals surface area contributed by atoms with E-state index in [1.807, 2.05) is 6.07 Å². The van der Waals surface area contributed by atoms with Crippen LogP contribution in [0.15, 0.2) is 35.6 Å². The fraction of sp³-hybridized carbons (Fsp3) is 0.448. The Bertz CT molecular complexity index is 1570. The minimum absolute atomic E-state index is 0.0726. The van der Waals surface area contributed by atoms with E-state index in [0.29, 0.717) is 0 Å². The van der Waals surface area contributed by atoms with Gasteiger partial charge in [-0.1, -0.05) is 31.4 Å². The molecule has 16 heteroatoms. The summed E-state index contributed by atoms with van der Waals surface area (Å²) >= 11 is 0.806. The maximum absolute atomic E-state index is 15.5. The summed E-state index contributed by atoms with van der Waals surface area (Å²) in [5, 5.41) is 21.0. The van der Waals surface area contributed by atoms with Crippen molar-refractivity contribution in [2.75, 3.05) is 19.9 Å². The highest BCUT2D eigenvalue weighted by Gasteiger charge is 2.71. The van der Waals surface area contributed by atoms with Crippen molar-refractivity contribution in [2.24, 2.45) is 10.9 Å². The number of carbonyl (C=O) groups excluding carboxylic acids is 1. The molecule has 0 saturated heterocycles. The van der Waals surface area contributed by atoms with Gasteiger partial charge in [-0.05, 0) is 49.2 Å². The molecule has 1 fully saturated rings. The van der Waals surface area contributed by atoms with E-state index in [1.165, 1.54) is 31.3 Å². The second kappa shape index (κ2) is 13.3. The second-order valence-electron chi connectivity index (χ2n) is 12.1. The highest BCUT2D eigenvalue weighted by Crippen LogP contribution is 2.66. The maximum atomic E-state index is 15.5. The summed E-state index contributed by atoms with van der Waals surface area (Å²) < 4.78 is 60.7. The third kappa shape index (κ3) is 7.71. The molecular formula is C29H32F4N6O4SSi. The zero-order chi connectivity index (χ0) is 33.2. The van der Waals surface area contributed by atoms with Crippen LogP contribution in [0.5, 0.6) is 0 Å². The summed E-state index contributed by atoms with van der Waals surface area (Å²) in [4.78, 5) is 38.8. The molecule has 2 aromatic rings. The largest absolute Gasteiger partial charge is 0.465 e. The first-order valence-electron chi connectivity index (χ1n) is 13.9. The van der Waals surface area contributed by atoms with Crippen LogP contribution in [-0.4, -0.2) is 76.3 Å². The van der Waals surface area contributed by atoms with Gasteiger partial charge in [-0.25, -0.2) is 27.8 Å². The molecule has 0 unspecified atom stereocenters. The van der Waals surface area contributed by atoms with Gasteiger partial charge in [0.2, 0.25) is 11.9 Å². The average Bonchev–Trinajstić information content (AvgIpc) is 3.73. The average molecular weight is 665 g/mol. The first-order chi connectivity index (χ1) is 21.1. The summed E-state index contributed by atoms with van der Waals surface area (Å²) in [6, 6.07) is 6.62. The Balaban J connectivity index is 1.74. The minimum Gasteiger partial charge on any atom is -0.465 e. The molecule has 45 heavy (non-hydrogen) atoms. The number of nitrogens with zero attached hydrogens (tertiary/aromatic N) is 5. The van der Waals surface area contributed by atoms with Crippen molar-refractivity contribution in [1.82, 2.24) is 20.2 Å². The molecule has 1 saturated carbocycles. The van der Waals surface area contributed by atoms with Crippen LogP contribution in [0.1, 0.15) is 35.7 Å². The van der Waals surface area contributed by atoms with Crippen LogP contribution in [0.3, 0.4) is 0 Å². The Hall–Kier alpha value is -3.81. The number of thioether (sulfide) groups is 1. The lowest BCUT2D eigenvalue weighted by Crippen LogP contribution is -2.48. The SMILES string of the molecule is C[C@]1(c2cc(/C=C(\F)c3ccc(C#N)cn3)cnc2F)N=C(N(COCC[Si](C)(C)C)C(=O)O)S[C@@]2(C(=O)NCC(F)F)C[C@H]21. The van der Waals surface area contributed by atoms with E-state index in [4.69, 9.17) is 10.00 Å². The number of nitriles is 1. The molecule has 4 rings (SSSR count). The highest BCUT2D eigenvalue weighted by molar-refractivity contribution is 8.16. The number of carboxylic acid groups (broad SMARTS) is 1. The van der Waals surface area contributed by atoms with Gasteiger partial charge >= 0.3 is 6.09 Å². The zero-order valence-corrected chi connectivity index (χ0v) is 26.8. The number of aromatic nitrogens is 2. The topological polar surface area (TPSA) is 141 Å². The highest BCUT2D eigenvalue weighted by atomic mass is 32.2. The van der Waals surface area contributed by atoms with E-state index in [9.17, 15) is 23.5 Å². The number of ether oxygens (including phenoxy) is 1. The number of amidine groups is 1. The van der Waals surface area contributed by atoms with Gasteiger partial charge in [-0.3, -0.25) is 14.8 Å². The van der Waals surface area contributed by atoms with E-state index >= 15 is 8.78 Å². The number of carbonyl (C=O) groups is 2. The van der Waals surface area contributed by atoms with Crippen LogP contribution < -0.4 is 5.32 Å². The van der Waals surface area contributed by atoms with Crippen molar-refractivity contribution in [3.63, 3.8) is 0 Å². The van der Waals surface area contributed by atoms with Gasteiger partial charge in [0.1, 0.15) is 23.4 Å². The number of fused-ring (bicyclic) bond motifs is 1. The van der Waals surface area contributed by atoms with Crippen LogP contribution in [0, 0.1) is 23.2 Å². The molecule has 3 atom stereocenters. The molecule has 2 N–H and O–H groups in total. The van der Waals surface area contributed by atoms with Gasteiger partial charge in [0.15, 0.2) is 5.17 Å². The number of amides is 2. The van der Waals surface area contributed by atoms with E-state index in [0.717, 1.165) is 35.0 Å². The molecule has 0 aromatic carbocycles. The normalized spacial score (nSPS) is 22.7. The van der Waals surface area contributed by atoms with Crippen LogP contribution >= 0.6 is 11.8 Å². The monoisotopic (exact) mass is 664 g/mol. The molecule has 240 valence electrons. The van der Waals surface area contributed by atoms with Crippen LogP contribution in [0.2, 0.25) is 25.7 Å². The van der Waals surface area contributed by atoms with Gasteiger partial charge in [-0.15, -0.1) is 0 Å². The molecule has 2 aromatic heterocycles. The Kier molecular flexibility index (Phi) is 10.0. The van der Waals surface area contributed by atoms with Crippen molar-refractivity contribution in [3.05, 3.63) is 58.9 Å². The van der Waals surface area contributed by atoms with Crippen molar-refractivity contribution in [3.8, 4) is 6.07 Å². The fourth-order valence-electron chi connectivity index (χ4n) is 4.90. The van der Waals surface area contributed by atoms with E-state index in [2.05, 4.69) is 39.9 Å². The Morgan fingerprint density at radius 3 is 2.64 bits per heavy atom. The Morgan fingerprint density at radius 2 is 2.04 bits per heavy atom. The lowest BCUT2D eigenvalue weighted by molar-refractivity contribution is -0.122. The molecule has 1 aliphatic carbocycles. The zero-order valence-electron chi connectivity index (χ0n) is 25.0. The lowest BCUT2D eigenvalue weighted by Gasteiger charge is -2.36. The molecule has 2 amide bonds. The number of aliphatic imine (C=N–C) groups is 1. The standard InChI is InChI=1S/C29H32F4N6O4SSi/c1-28(19-9-18(14-36-24(19)33)10-20(30)21-6-5-17(12-34)13-35-21)22-11-29(22,25(40)37-15-23(31)32)44-26(38-28)39(27(41)42)16-43-7-8-45(2,3)4/h5-6,9-10,13-14,22-23H,7-8,11,15-16H2,1-4H3,(H,37,40)(H,41,42)/b20-10-/t22-,28+,29-/m0/s1.